The monoisotopic (exact) mass is 260 g/mol. The minimum absolute atomic E-state index is 0.607. The summed E-state index contributed by atoms with van der Waals surface area (Å²) in [6, 6.07) is 0. The molecular formula is C13H16N4S. The number of thiazole rings is 1. The van der Waals surface area contributed by atoms with Crippen molar-refractivity contribution in [3.05, 3.63) is 28.8 Å². The predicted molar refractivity (Wildman–Crippen MR) is 75.2 cm³/mol. The third-order valence-electron chi connectivity index (χ3n) is 3.33. The molecule has 0 spiro atoms. The van der Waals surface area contributed by atoms with Crippen LogP contribution in [0.25, 0.3) is 12.2 Å². The van der Waals surface area contributed by atoms with Gasteiger partial charge in [0.05, 0.1) is 17.7 Å². The summed E-state index contributed by atoms with van der Waals surface area (Å²) in [4.78, 5) is 8.69. The minimum Gasteiger partial charge on any atom is -0.375 e. The Morgan fingerprint density at radius 3 is 3.17 bits per heavy atom. The Morgan fingerprint density at radius 1 is 1.50 bits per heavy atom. The number of fused-ring (bicyclic) bond motifs is 1. The molecule has 5 heteroatoms. The smallest absolute Gasteiger partial charge is 0.180 e. The molecule has 94 valence electrons. The van der Waals surface area contributed by atoms with Crippen LogP contribution in [0.4, 0.5) is 5.13 Å². The first kappa shape index (κ1) is 11.5. The van der Waals surface area contributed by atoms with E-state index < -0.39 is 0 Å². The van der Waals surface area contributed by atoms with Gasteiger partial charge in [-0.1, -0.05) is 6.92 Å². The van der Waals surface area contributed by atoms with E-state index in [9.17, 15) is 0 Å². The second-order valence-electron chi connectivity index (χ2n) is 4.81. The molecular weight excluding hydrogens is 244 g/mol. The molecule has 0 amide bonds. The normalized spacial score (nSPS) is 19.3. The number of imidazole rings is 1. The van der Waals surface area contributed by atoms with Crippen LogP contribution in [0.5, 0.6) is 0 Å². The largest absolute Gasteiger partial charge is 0.375 e. The maximum atomic E-state index is 5.61. The minimum atomic E-state index is 0.607. The summed E-state index contributed by atoms with van der Waals surface area (Å²) in [5.74, 6) is 0.747. The lowest BCUT2D eigenvalue weighted by Crippen LogP contribution is -2.16. The average Bonchev–Trinajstić information content (AvgIpc) is 2.93. The van der Waals surface area contributed by atoms with Crippen molar-refractivity contribution in [2.24, 2.45) is 5.92 Å². The molecule has 1 unspecified atom stereocenters. The van der Waals surface area contributed by atoms with Gasteiger partial charge in [0.2, 0.25) is 0 Å². The zero-order valence-electron chi connectivity index (χ0n) is 10.3. The lowest BCUT2D eigenvalue weighted by molar-refractivity contribution is 0.416. The van der Waals surface area contributed by atoms with Crippen LogP contribution in [0, 0.1) is 5.92 Å². The van der Waals surface area contributed by atoms with Crippen molar-refractivity contribution >= 4 is 28.6 Å². The van der Waals surface area contributed by atoms with Gasteiger partial charge in [0, 0.05) is 17.6 Å². The molecule has 1 atom stereocenters. The SMILES string of the molecule is CC1CCn2cnc(C=Cc3csc(N)n3)c2C1. The number of rotatable bonds is 2. The Bertz CT molecular complexity index is 582. The Hall–Kier alpha value is -1.62. The third kappa shape index (κ3) is 2.18. The van der Waals surface area contributed by atoms with E-state index in [-0.39, 0.29) is 0 Å². The number of nitrogens with zero attached hydrogens (tertiary/aromatic N) is 3. The predicted octanol–water partition coefficient (Wildman–Crippen LogP) is 2.67. The molecule has 0 saturated heterocycles. The molecule has 3 heterocycles. The van der Waals surface area contributed by atoms with Crippen LogP contribution in [0.15, 0.2) is 11.7 Å². The van der Waals surface area contributed by atoms with Gasteiger partial charge in [0.25, 0.3) is 0 Å². The zero-order valence-corrected chi connectivity index (χ0v) is 11.2. The van der Waals surface area contributed by atoms with Gasteiger partial charge in [-0.15, -0.1) is 11.3 Å². The van der Waals surface area contributed by atoms with E-state index in [4.69, 9.17) is 5.73 Å². The van der Waals surface area contributed by atoms with Crippen molar-refractivity contribution in [3.63, 3.8) is 0 Å². The Morgan fingerprint density at radius 2 is 2.39 bits per heavy atom. The molecule has 18 heavy (non-hydrogen) atoms. The Balaban J connectivity index is 1.85. The molecule has 2 aromatic heterocycles. The second kappa shape index (κ2) is 4.57. The fourth-order valence-electron chi connectivity index (χ4n) is 2.31. The topological polar surface area (TPSA) is 56.7 Å². The lowest BCUT2D eigenvalue weighted by atomic mass is 9.97. The number of hydrogen-bond donors (Lipinski definition) is 1. The highest BCUT2D eigenvalue weighted by Crippen LogP contribution is 2.23. The first-order valence-corrected chi connectivity index (χ1v) is 7.03. The number of nitrogen functional groups attached to an aromatic ring is 1. The Kier molecular flexibility index (Phi) is 2.91. The molecule has 0 radical (unpaired) electrons. The van der Waals surface area contributed by atoms with Crippen molar-refractivity contribution in [2.75, 3.05) is 5.73 Å². The van der Waals surface area contributed by atoms with Crippen LogP contribution in [0.1, 0.15) is 30.4 Å². The molecule has 4 nitrogen and oxygen atoms in total. The summed E-state index contributed by atoms with van der Waals surface area (Å²) in [5.41, 5.74) is 8.92. The molecule has 2 aromatic rings. The molecule has 0 bridgehead atoms. The molecule has 1 aliphatic rings. The molecule has 2 N–H and O–H groups in total. The second-order valence-corrected chi connectivity index (χ2v) is 5.70. The summed E-state index contributed by atoms with van der Waals surface area (Å²) >= 11 is 1.46. The quantitative estimate of drug-likeness (QED) is 0.903. The molecule has 0 aromatic carbocycles. The summed E-state index contributed by atoms with van der Waals surface area (Å²) in [7, 11) is 0. The van der Waals surface area contributed by atoms with E-state index in [0.29, 0.717) is 5.13 Å². The number of hydrogen-bond acceptors (Lipinski definition) is 4. The van der Waals surface area contributed by atoms with E-state index in [1.807, 2.05) is 23.9 Å². The Labute approximate surface area is 110 Å². The number of aryl methyl sites for hydroxylation is 1. The van der Waals surface area contributed by atoms with E-state index in [1.54, 1.807) is 0 Å². The maximum absolute atomic E-state index is 5.61. The van der Waals surface area contributed by atoms with Crippen molar-refractivity contribution < 1.29 is 0 Å². The van der Waals surface area contributed by atoms with Crippen molar-refractivity contribution in [3.8, 4) is 0 Å². The summed E-state index contributed by atoms with van der Waals surface area (Å²) in [6.07, 6.45) is 8.32. The van der Waals surface area contributed by atoms with Gasteiger partial charge in [-0.2, -0.15) is 0 Å². The fourth-order valence-corrected chi connectivity index (χ4v) is 2.84. The van der Waals surface area contributed by atoms with Crippen molar-refractivity contribution in [1.82, 2.24) is 14.5 Å². The van der Waals surface area contributed by atoms with Crippen LogP contribution >= 0.6 is 11.3 Å². The maximum Gasteiger partial charge on any atom is 0.180 e. The number of aromatic nitrogens is 3. The fraction of sp³-hybridized carbons (Fsp3) is 0.385. The van der Waals surface area contributed by atoms with E-state index in [2.05, 4.69) is 21.5 Å². The molecule has 0 aliphatic carbocycles. The van der Waals surface area contributed by atoms with E-state index in [0.717, 1.165) is 30.3 Å². The van der Waals surface area contributed by atoms with Crippen molar-refractivity contribution in [1.29, 1.82) is 0 Å². The highest BCUT2D eigenvalue weighted by Gasteiger charge is 2.17. The van der Waals surface area contributed by atoms with Gasteiger partial charge in [0.15, 0.2) is 5.13 Å². The molecule has 0 fully saturated rings. The van der Waals surface area contributed by atoms with Gasteiger partial charge in [-0.05, 0) is 30.9 Å². The van der Waals surface area contributed by atoms with Crippen LogP contribution in [0.2, 0.25) is 0 Å². The number of anilines is 1. The molecule has 1 aliphatic heterocycles. The number of nitrogens with two attached hydrogens (primary N) is 1. The van der Waals surface area contributed by atoms with Crippen LogP contribution in [-0.2, 0) is 13.0 Å². The van der Waals surface area contributed by atoms with Crippen LogP contribution in [-0.4, -0.2) is 14.5 Å². The van der Waals surface area contributed by atoms with Crippen LogP contribution < -0.4 is 5.73 Å². The van der Waals surface area contributed by atoms with Gasteiger partial charge >= 0.3 is 0 Å². The van der Waals surface area contributed by atoms with E-state index >= 15 is 0 Å². The summed E-state index contributed by atoms with van der Waals surface area (Å²) in [6.45, 7) is 3.38. The molecule has 0 saturated carbocycles. The van der Waals surface area contributed by atoms with Gasteiger partial charge in [-0.3, -0.25) is 0 Å². The van der Waals surface area contributed by atoms with E-state index in [1.165, 1.54) is 23.5 Å². The van der Waals surface area contributed by atoms with Gasteiger partial charge in [-0.25, -0.2) is 9.97 Å². The standard InChI is InChI=1S/C13H16N4S/c1-9-4-5-17-8-15-11(12(17)6-9)3-2-10-7-18-13(14)16-10/h2-3,7-9H,4-6H2,1H3,(H2,14,16). The van der Waals surface area contributed by atoms with Gasteiger partial charge in [0.1, 0.15) is 0 Å². The zero-order chi connectivity index (χ0) is 12.5. The lowest BCUT2D eigenvalue weighted by Gasteiger charge is -2.20. The first-order chi connectivity index (χ1) is 8.72. The highest BCUT2D eigenvalue weighted by atomic mass is 32.1. The first-order valence-electron chi connectivity index (χ1n) is 6.15. The molecule has 3 rings (SSSR count). The van der Waals surface area contributed by atoms with Crippen LogP contribution in [0.3, 0.4) is 0 Å². The highest BCUT2D eigenvalue weighted by molar-refractivity contribution is 7.13. The summed E-state index contributed by atoms with van der Waals surface area (Å²) < 4.78 is 2.26. The van der Waals surface area contributed by atoms with Gasteiger partial charge < -0.3 is 10.3 Å². The van der Waals surface area contributed by atoms with Crippen molar-refractivity contribution in [2.45, 2.75) is 26.3 Å². The third-order valence-corrected chi connectivity index (χ3v) is 4.03. The average molecular weight is 260 g/mol. The summed E-state index contributed by atoms with van der Waals surface area (Å²) in [5, 5.41) is 2.56.